The van der Waals surface area contributed by atoms with Crippen LogP contribution in [-0.4, -0.2) is 39.0 Å². The highest BCUT2D eigenvalue weighted by molar-refractivity contribution is 8.15. The van der Waals surface area contributed by atoms with Crippen LogP contribution in [0.25, 0.3) is 0 Å². The second kappa shape index (κ2) is 7.00. The van der Waals surface area contributed by atoms with Crippen molar-refractivity contribution in [1.82, 2.24) is 4.90 Å². The number of nitrogens with one attached hydrogen (secondary N) is 1. The molecule has 136 valence electrons. The number of carbonyl (C=O) groups is 2. The first-order valence-corrected chi connectivity index (χ1v) is 9.55. The fraction of sp³-hybridized carbons (Fsp3) is 0.200. The lowest BCUT2D eigenvalue weighted by Crippen LogP contribution is -2.41. The molecule has 6 nitrogen and oxygen atoms in total. The van der Waals surface area contributed by atoms with Crippen LogP contribution < -0.4 is 5.32 Å². The van der Waals surface area contributed by atoms with E-state index in [0.717, 1.165) is 16.9 Å². The topological polar surface area (TPSA) is 74.1 Å². The lowest BCUT2D eigenvalue weighted by molar-refractivity contribution is -0.124. The summed E-state index contributed by atoms with van der Waals surface area (Å²) in [5, 5.41) is 2.93. The molecule has 0 bridgehead atoms. The zero-order valence-corrected chi connectivity index (χ0v) is 15.7. The SMILES string of the molecule is CC1N=C2c3ccccc3N=C(SC(C)C(=O)Nc3ccccc3)N2C1=O. The van der Waals surface area contributed by atoms with Gasteiger partial charge in [-0.1, -0.05) is 42.1 Å². The van der Waals surface area contributed by atoms with E-state index in [1.165, 1.54) is 16.7 Å². The number of nitrogens with zero attached hydrogens (tertiary/aromatic N) is 3. The predicted octanol–water partition coefficient (Wildman–Crippen LogP) is 3.43. The molecule has 0 spiro atoms. The molecule has 2 aromatic rings. The first kappa shape index (κ1) is 17.5. The Morgan fingerprint density at radius 2 is 1.85 bits per heavy atom. The van der Waals surface area contributed by atoms with Crippen molar-refractivity contribution in [3.63, 3.8) is 0 Å². The molecule has 0 aliphatic carbocycles. The standard InChI is InChI=1S/C20H18N4O2S/c1-12-19(26)24-17(21-12)15-10-6-7-11-16(15)23-20(24)27-13(2)18(25)22-14-8-4-3-5-9-14/h3-13H,1-2H3,(H,22,25). The first-order chi connectivity index (χ1) is 13.0. The zero-order valence-electron chi connectivity index (χ0n) is 14.9. The number of amides is 2. The van der Waals surface area contributed by atoms with Crippen molar-refractivity contribution in [3.05, 3.63) is 60.2 Å². The van der Waals surface area contributed by atoms with Crippen LogP contribution in [0, 0.1) is 0 Å². The fourth-order valence-electron chi connectivity index (χ4n) is 2.93. The van der Waals surface area contributed by atoms with Gasteiger partial charge in [-0.25, -0.2) is 9.89 Å². The van der Waals surface area contributed by atoms with E-state index >= 15 is 0 Å². The van der Waals surface area contributed by atoms with E-state index < -0.39 is 11.3 Å². The number of hydrogen-bond acceptors (Lipinski definition) is 5. The minimum Gasteiger partial charge on any atom is -0.325 e. The van der Waals surface area contributed by atoms with Crippen molar-refractivity contribution in [3.8, 4) is 0 Å². The number of anilines is 1. The van der Waals surface area contributed by atoms with E-state index in [-0.39, 0.29) is 11.8 Å². The Morgan fingerprint density at radius 3 is 2.63 bits per heavy atom. The van der Waals surface area contributed by atoms with E-state index in [0.29, 0.717) is 11.0 Å². The molecule has 2 aliphatic rings. The summed E-state index contributed by atoms with van der Waals surface area (Å²) in [5.74, 6) is 0.337. The van der Waals surface area contributed by atoms with E-state index in [1.807, 2.05) is 54.6 Å². The van der Waals surface area contributed by atoms with Crippen LogP contribution >= 0.6 is 11.8 Å². The van der Waals surface area contributed by atoms with Gasteiger partial charge in [0.1, 0.15) is 11.9 Å². The first-order valence-electron chi connectivity index (χ1n) is 8.67. The second-order valence-electron chi connectivity index (χ2n) is 6.33. The van der Waals surface area contributed by atoms with Gasteiger partial charge in [-0.15, -0.1) is 0 Å². The normalized spacial score (nSPS) is 19.0. The number of fused-ring (bicyclic) bond motifs is 3. The summed E-state index contributed by atoms with van der Waals surface area (Å²) in [5.41, 5.74) is 2.33. The maximum Gasteiger partial charge on any atom is 0.258 e. The smallest absolute Gasteiger partial charge is 0.258 e. The Bertz CT molecular complexity index is 971. The summed E-state index contributed by atoms with van der Waals surface area (Å²) in [7, 11) is 0. The number of thioether (sulfide) groups is 1. The molecule has 0 radical (unpaired) electrons. The van der Waals surface area contributed by atoms with Crippen molar-refractivity contribution in [2.24, 2.45) is 9.98 Å². The number of amidine groups is 2. The summed E-state index contributed by atoms with van der Waals surface area (Å²) < 4.78 is 0. The van der Waals surface area contributed by atoms with Gasteiger partial charge in [-0.2, -0.15) is 0 Å². The van der Waals surface area contributed by atoms with Crippen molar-refractivity contribution in [2.75, 3.05) is 5.32 Å². The van der Waals surface area contributed by atoms with Crippen LogP contribution in [0.3, 0.4) is 0 Å². The van der Waals surface area contributed by atoms with Crippen molar-refractivity contribution in [1.29, 1.82) is 0 Å². The highest BCUT2D eigenvalue weighted by atomic mass is 32.2. The van der Waals surface area contributed by atoms with Gasteiger partial charge in [-0.05, 0) is 38.1 Å². The van der Waals surface area contributed by atoms with Gasteiger partial charge in [0, 0.05) is 11.3 Å². The molecule has 27 heavy (non-hydrogen) atoms. The minimum absolute atomic E-state index is 0.124. The lowest BCUT2D eigenvalue weighted by Gasteiger charge is -2.26. The van der Waals surface area contributed by atoms with E-state index in [1.54, 1.807) is 13.8 Å². The van der Waals surface area contributed by atoms with Gasteiger partial charge in [0.25, 0.3) is 5.91 Å². The summed E-state index contributed by atoms with van der Waals surface area (Å²) in [6.07, 6.45) is 0. The molecule has 7 heteroatoms. The molecule has 2 atom stereocenters. The fourth-order valence-corrected chi connectivity index (χ4v) is 3.85. The van der Waals surface area contributed by atoms with Crippen LogP contribution in [0.5, 0.6) is 0 Å². The average Bonchev–Trinajstić information content (AvgIpc) is 2.98. The summed E-state index contributed by atoms with van der Waals surface area (Å²) in [6.45, 7) is 3.57. The molecule has 0 fully saturated rings. The Balaban J connectivity index is 1.59. The molecule has 2 heterocycles. The second-order valence-corrected chi connectivity index (χ2v) is 7.64. The number of carbonyl (C=O) groups excluding carboxylic acids is 2. The highest BCUT2D eigenvalue weighted by Crippen LogP contribution is 2.34. The average molecular weight is 378 g/mol. The maximum absolute atomic E-state index is 12.6. The van der Waals surface area contributed by atoms with Crippen molar-refractivity contribution in [2.45, 2.75) is 25.1 Å². The van der Waals surface area contributed by atoms with Gasteiger partial charge < -0.3 is 5.32 Å². The maximum atomic E-state index is 12.6. The third-order valence-corrected chi connectivity index (χ3v) is 5.40. The molecular weight excluding hydrogens is 360 g/mol. The Kier molecular flexibility index (Phi) is 4.53. The summed E-state index contributed by atoms with van der Waals surface area (Å²) in [4.78, 5) is 35.8. The van der Waals surface area contributed by atoms with Crippen molar-refractivity contribution >= 4 is 46.0 Å². The largest absolute Gasteiger partial charge is 0.325 e. The van der Waals surface area contributed by atoms with Gasteiger partial charge >= 0.3 is 0 Å². The number of aliphatic imine (C=N–C) groups is 2. The molecule has 2 amide bonds. The number of rotatable bonds is 3. The third-order valence-electron chi connectivity index (χ3n) is 4.35. The Hall–Kier alpha value is -2.93. The molecule has 2 unspecified atom stereocenters. The molecule has 0 aromatic heterocycles. The van der Waals surface area contributed by atoms with Gasteiger partial charge in [0.05, 0.1) is 10.9 Å². The third kappa shape index (κ3) is 3.26. The van der Waals surface area contributed by atoms with Gasteiger partial charge in [-0.3, -0.25) is 14.6 Å². The molecule has 1 N–H and O–H groups in total. The van der Waals surface area contributed by atoms with Crippen LogP contribution in [0.4, 0.5) is 11.4 Å². The van der Waals surface area contributed by atoms with E-state index in [9.17, 15) is 9.59 Å². The lowest BCUT2D eigenvalue weighted by atomic mass is 10.1. The Morgan fingerprint density at radius 1 is 1.15 bits per heavy atom. The summed E-state index contributed by atoms with van der Waals surface area (Å²) in [6, 6.07) is 16.4. The number of hydrogen-bond donors (Lipinski definition) is 1. The number of para-hydroxylation sites is 2. The zero-order chi connectivity index (χ0) is 19.0. The highest BCUT2D eigenvalue weighted by Gasteiger charge is 2.40. The van der Waals surface area contributed by atoms with Gasteiger partial charge in [0.2, 0.25) is 5.91 Å². The molecule has 2 aliphatic heterocycles. The molecule has 2 aromatic carbocycles. The predicted molar refractivity (Wildman–Crippen MR) is 109 cm³/mol. The molecular formula is C20H18N4O2S. The molecule has 0 saturated carbocycles. The summed E-state index contributed by atoms with van der Waals surface area (Å²) >= 11 is 1.26. The minimum atomic E-state index is -0.453. The van der Waals surface area contributed by atoms with Crippen LogP contribution in [0.15, 0.2) is 64.6 Å². The van der Waals surface area contributed by atoms with Crippen LogP contribution in [0.1, 0.15) is 19.4 Å². The van der Waals surface area contributed by atoms with E-state index in [4.69, 9.17) is 0 Å². The van der Waals surface area contributed by atoms with Gasteiger partial charge in [0.15, 0.2) is 5.17 Å². The van der Waals surface area contributed by atoms with Crippen LogP contribution in [-0.2, 0) is 9.59 Å². The van der Waals surface area contributed by atoms with E-state index in [2.05, 4.69) is 15.3 Å². The number of benzene rings is 2. The quantitative estimate of drug-likeness (QED) is 0.889. The van der Waals surface area contributed by atoms with Crippen LogP contribution in [0.2, 0.25) is 0 Å². The van der Waals surface area contributed by atoms with Crippen molar-refractivity contribution < 1.29 is 9.59 Å². The monoisotopic (exact) mass is 378 g/mol. The Labute approximate surface area is 161 Å². The molecule has 0 saturated heterocycles. The molecule has 4 rings (SSSR count).